The van der Waals surface area contributed by atoms with Gasteiger partial charge < -0.3 is 18.8 Å². The van der Waals surface area contributed by atoms with E-state index in [1.165, 1.54) is 12.0 Å². The van der Waals surface area contributed by atoms with Gasteiger partial charge in [-0.05, 0) is 71.4 Å². The third-order valence-corrected chi connectivity index (χ3v) is 6.91. The number of ether oxygens (including phenoxy) is 2. The maximum Gasteiger partial charge on any atom is 0.309 e. The van der Waals surface area contributed by atoms with Gasteiger partial charge in [0.2, 0.25) is 5.91 Å². The van der Waals surface area contributed by atoms with Crippen molar-refractivity contribution < 1.29 is 23.5 Å². The molecule has 1 aliphatic heterocycles. The Morgan fingerprint density at radius 1 is 1.15 bits per heavy atom. The van der Waals surface area contributed by atoms with Crippen molar-refractivity contribution in [1.82, 2.24) is 4.90 Å². The van der Waals surface area contributed by atoms with Gasteiger partial charge >= 0.3 is 5.97 Å². The van der Waals surface area contributed by atoms with Crippen LogP contribution in [0.15, 0.2) is 16.6 Å². The molecule has 1 aliphatic carbocycles. The Labute approximate surface area is 195 Å². The molecule has 1 fully saturated rings. The third-order valence-electron chi connectivity index (χ3n) is 6.91. The molecule has 2 heterocycles. The molecule has 0 N–H and O–H groups in total. The van der Waals surface area contributed by atoms with Crippen LogP contribution >= 0.6 is 0 Å². The van der Waals surface area contributed by atoms with Crippen molar-refractivity contribution in [3.05, 3.63) is 34.6 Å². The van der Waals surface area contributed by atoms with Crippen LogP contribution in [0.2, 0.25) is 0 Å². The number of hydrogen-bond acceptors (Lipinski definition) is 5. The molecule has 1 aromatic carbocycles. The zero-order chi connectivity index (χ0) is 23.5. The number of hydrogen-bond donors (Lipinski definition) is 0. The van der Waals surface area contributed by atoms with Crippen LogP contribution in [-0.4, -0.2) is 43.1 Å². The highest BCUT2D eigenvalue weighted by atomic mass is 16.5. The Balaban J connectivity index is 1.60. The van der Waals surface area contributed by atoms with Crippen molar-refractivity contribution in [2.45, 2.75) is 66.2 Å². The van der Waals surface area contributed by atoms with Crippen LogP contribution in [0, 0.1) is 12.8 Å². The quantitative estimate of drug-likeness (QED) is 0.443. The second-order valence-corrected chi connectivity index (χ2v) is 9.08. The first kappa shape index (κ1) is 23.4. The van der Waals surface area contributed by atoms with Crippen molar-refractivity contribution in [3.8, 4) is 5.75 Å². The molecule has 2 aliphatic rings. The van der Waals surface area contributed by atoms with Crippen LogP contribution < -0.4 is 4.74 Å². The number of allylic oxidation sites excluding steroid dienone is 1. The van der Waals surface area contributed by atoms with E-state index in [-0.39, 0.29) is 17.8 Å². The van der Waals surface area contributed by atoms with Gasteiger partial charge in [0.25, 0.3) is 0 Å². The molecule has 0 atom stereocenters. The number of carbonyl (C=O) groups excluding carboxylic acids is 2. The van der Waals surface area contributed by atoms with Crippen molar-refractivity contribution >= 4 is 28.4 Å². The highest BCUT2D eigenvalue weighted by Crippen LogP contribution is 2.41. The minimum absolute atomic E-state index is 0.0239. The lowest BCUT2D eigenvalue weighted by molar-refractivity contribution is -0.150. The maximum atomic E-state index is 13.1. The van der Waals surface area contributed by atoms with Gasteiger partial charge in [-0.1, -0.05) is 0 Å². The van der Waals surface area contributed by atoms with Gasteiger partial charge in [-0.2, -0.15) is 0 Å². The fraction of sp³-hybridized carbons (Fsp3) is 0.556. The minimum Gasteiger partial charge on any atom is -0.493 e. The Hall–Kier alpha value is -2.76. The molecule has 6 heteroatoms. The molecule has 0 radical (unpaired) electrons. The van der Waals surface area contributed by atoms with Crippen LogP contribution in [0.5, 0.6) is 5.75 Å². The summed E-state index contributed by atoms with van der Waals surface area (Å²) in [4.78, 5) is 26.9. The molecule has 0 unspecified atom stereocenters. The molecule has 4 rings (SSSR count). The van der Waals surface area contributed by atoms with E-state index < -0.39 is 0 Å². The molecule has 1 amide bonds. The summed E-state index contributed by atoms with van der Waals surface area (Å²) >= 11 is 0. The van der Waals surface area contributed by atoms with Crippen LogP contribution in [0.25, 0.3) is 16.5 Å². The zero-order valence-electron chi connectivity index (χ0n) is 20.3. The standard InChI is InChI=1S/C27H35NO5/c1-5-31-25-18(4)26-22(20-9-7-8-10-23(20)33-26)16-21(25)17(3)15-24(29)28-13-11-19(12-14-28)27(30)32-6-2/h15-16,19H,5-14H2,1-4H3/b17-15+. The first-order chi connectivity index (χ1) is 15.9. The number of rotatable bonds is 6. The number of amides is 1. The maximum absolute atomic E-state index is 13.1. The Morgan fingerprint density at radius 3 is 2.58 bits per heavy atom. The van der Waals surface area contributed by atoms with Gasteiger partial charge in [0.05, 0.1) is 19.1 Å². The van der Waals surface area contributed by atoms with Crippen molar-refractivity contribution in [1.29, 1.82) is 0 Å². The molecular formula is C27H35NO5. The van der Waals surface area contributed by atoms with E-state index in [0.29, 0.717) is 39.1 Å². The molecule has 0 bridgehead atoms. The SMILES string of the molecule is CCOC(=O)C1CCN(C(=O)/C=C(\C)c2cc3c4c(oc3c(C)c2OCC)CCCC4)CC1. The highest BCUT2D eigenvalue weighted by molar-refractivity contribution is 5.98. The molecule has 6 nitrogen and oxygen atoms in total. The summed E-state index contributed by atoms with van der Waals surface area (Å²) < 4.78 is 17.4. The Bertz CT molecular complexity index is 1070. The largest absolute Gasteiger partial charge is 0.493 e. The predicted octanol–water partition coefficient (Wildman–Crippen LogP) is 5.22. The molecule has 178 valence electrons. The summed E-state index contributed by atoms with van der Waals surface area (Å²) in [5.74, 6) is 1.61. The average molecular weight is 454 g/mol. The van der Waals surface area contributed by atoms with E-state index in [0.717, 1.165) is 58.4 Å². The van der Waals surface area contributed by atoms with E-state index in [1.807, 2.05) is 32.6 Å². The Kier molecular flexibility index (Phi) is 7.11. The number of aryl methyl sites for hydroxylation is 3. The van der Waals surface area contributed by atoms with E-state index in [4.69, 9.17) is 13.9 Å². The number of esters is 1. The van der Waals surface area contributed by atoms with Gasteiger partial charge in [0, 0.05) is 47.7 Å². The number of likely N-dealkylation sites (tertiary alicyclic amines) is 1. The molecule has 2 aromatic rings. The Morgan fingerprint density at radius 2 is 1.88 bits per heavy atom. The van der Waals surface area contributed by atoms with Crippen LogP contribution in [0.3, 0.4) is 0 Å². The second-order valence-electron chi connectivity index (χ2n) is 9.08. The lowest BCUT2D eigenvalue weighted by Crippen LogP contribution is -2.40. The highest BCUT2D eigenvalue weighted by Gasteiger charge is 2.28. The van der Waals surface area contributed by atoms with Crippen molar-refractivity contribution in [3.63, 3.8) is 0 Å². The second kappa shape index (κ2) is 10.0. The fourth-order valence-corrected chi connectivity index (χ4v) is 5.11. The normalized spacial score (nSPS) is 17.2. The lowest BCUT2D eigenvalue weighted by atomic mass is 9.92. The van der Waals surface area contributed by atoms with Gasteiger partial charge in [0.15, 0.2) is 0 Å². The van der Waals surface area contributed by atoms with Crippen molar-refractivity contribution in [2.24, 2.45) is 5.92 Å². The van der Waals surface area contributed by atoms with Gasteiger partial charge in [-0.3, -0.25) is 9.59 Å². The van der Waals surface area contributed by atoms with E-state index >= 15 is 0 Å². The van der Waals surface area contributed by atoms with Gasteiger partial charge in [-0.15, -0.1) is 0 Å². The summed E-state index contributed by atoms with van der Waals surface area (Å²) in [5.41, 5.74) is 5.05. The van der Waals surface area contributed by atoms with E-state index in [9.17, 15) is 9.59 Å². The van der Waals surface area contributed by atoms with Gasteiger partial charge in [0.1, 0.15) is 17.1 Å². The molecule has 1 saturated heterocycles. The smallest absolute Gasteiger partial charge is 0.309 e. The molecular weight excluding hydrogens is 418 g/mol. The number of benzene rings is 1. The number of fused-ring (bicyclic) bond motifs is 3. The summed E-state index contributed by atoms with van der Waals surface area (Å²) in [6.07, 6.45) is 7.36. The minimum atomic E-state index is -0.148. The number of carbonyl (C=O) groups is 2. The summed E-state index contributed by atoms with van der Waals surface area (Å²) in [7, 11) is 0. The molecule has 33 heavy (non-hydrogen) atoms. The number of piperidine rings is 1. The average Bonchev–Trinajstić information content (AvgIpc) is 3.20. The number of furan rings is 1. The van der Waals surface area contributed by atoms with E-state index in [2.05, 4.69) is 6.07 Å². The number of nitrogens with zero attached hydrogens (tertiary/aromatic N) is 1. The summed E-state index contributed by atoms with van der Waals surface area (Å²) in [6, 6.07) is 2.15. The van der Waals surface area contributed by atoms with Crippen molar-refractivity contribution in [2.75, 3.05) is 26.3 Å². The first-order valence-corrected chi connectivity index (χ1v) is 12.3. The van der Waals surface area contributed by atoms with Gasteiger partial charge in [-0.25, -0.2) is 0 Å². The van der Waals surface area contributed by atoms with E-state index in [1.54, 1.807) is 6.08 Å². The van der Waals surface area contributed by atoms with Crippen LogP contribution in [-0.2, 0) is 27.2 Å². The topological polar surface area (TPSA) is 69.0 Å². The third kappa shape index (κ3) is 4.66. The lowest BCUT2D eigenvalue weighted by Gasteiger charge is -2.30. The summed E-state index contributed by atoms with van der Waals surface area (Å²) in [6.45, 7) is 9.88. The molecule has 0 saturated carbocycles. The summed E-state index contributed by atoms with van der Waals surface area (Å²) in [5, 5.41) is 1.15. The zero-order valence-corrected chi connectivity index (χ0v) is 20.3. The fourth-order valence-electron chi connectivity index (χ4n) is 5.11. The monoisotopic (exact) mass is 453 g/mol. The first-order valence-electron chi connectivity index (χ1n) is 12.3. The predicted molar refractivity (Wildman–Crippen MR) is 128 cm³/mol. The molecule has 1 aromatic heterocycles. The van der Waals surface area contributed by atoms with Crippen LogP contribution in [0.1, 0.15) is 68.9 Å². The molecule has 0 spiro atoms. The van der Waals surface area contributed by atoms with Crippen LogP contribution in [0.4, 0.5) is 0 Å².